The Labute approximate surface area is 143 Å². The number of benzene rings is 2. The van der Waals surface area contributed by atoms with Gasteiger partial charge in [0.25, 0.3) is 5.56 Å². The second-order valence-electron chi connectivity index (χ2n) is 5.13. The minimum absolute atomic E-state index is 0.222. The Kier molecular flexibility index (Phi) is 4.82. The predicted molar refractivity (Wildman–Crippen MR) is 92.2 cm³/mol. The van der Waals surface area contributed by atoms with Crippen LogP contribution in [0, 0.1) is 0 Å². The van der Waals surface area contributed by atoms with Crippen LogP contribution in [0.4, 0.5) is 0 Å². The maximum Gasteiger partial charge on any atom is 0.264 e. The third-order valence-electron chi connectivity index (χ3n) is 3.39. The molecule has 0 radical (unpaired) electrons. The Morgan fingerprint density at radius 3 is 2.50 bits per heavy atom. The first-order chi connectivity index (χ1) is 11.6. The standard InChI is InChI=1S/C18H15ClN2O3/c1-23-16-8-2-12(10-14-5-9-18(22)21-20-14)11-17(16)24-15-6-3-13(19)4-7-15/h2-9,11H,10H2,1H3,(H,21,22). The van der Waals surface area contributed by atoms with Crippen LogP contribution < -0.4 is 15.0 Å². The van der Waals surface area contributed by atoms with Crippen molar-refractivity contribution in [1.82, 2.24) is 10.2 Å². The molecular weight excluding hydrogens is 328 g/mol. The number of halogens is 1. The van der Waals surface area contributed by atoms with E-state index in [2.05, 4.69) is 10.2 Å². The van der Waals surface area contributed by atoms with Gasteiger partial charge in [-0.2, -0.15) is 5.10 Å². The van der Waals surface area contributed by atoms with Crippen LogP contribution >= 0.6 is 11.6 Å². The molecule has 2 aromatic carbocycles. The second kappa shape index (κ2) is 7.19. The molecule has 122 valence electrons. The van der Waals surface area contributed by atoms with Crippen LogP contribution in [0.2, 0.25) is 5.02 Å². The highest BCUT2D eigenvalue weighted by atomic mass is 35.5. The van der Waals surface area contributed by atoms with E-state index in [1.165, 1.54) is 6.07 Å². The summed E-state index contributed by atoms with van der Waals surface area (Å²) in [5.74, 6) is 1.89. The van der Waals surface area contributed by atoms with E-state index >= 15 is 0 Å². The number of aromatic amines is 1. The van der Waals surface area contributed by atoms with Crippen molar-refractivity contribution >= 4 is 11.6 Å². The molecule has 1 aromatic heterocycles. The van der Waals surface area contributed by atoms with Crippen molar-refractivity contribution < 1.29 is 9.47 Å². The SMILES string of the molecule is COc1ccc(Cc2ccc(=O)[nH]n2)cc1Oc1ccc(Cl)cc1. The maximum absolute atomic E-state index is 11.1. The minimum atomic E-state index is -0.222. The van der Waals surface area contributed by atoms with Crippen molar-refractivity contribution in [3.63, 3.8) is 0 Å². The lowest BCUT2D eigenvalue weighted by atomic mass is 10.1. The van der Waals surface area contributed by atoms with Crippen molar-refractivity contribution in [2.45, 2.75) is 6.42 Å². The Morgan fingerprint density at radius 1 is 1.04 bits per heavy atom. The zero-order valence-corrected chi connectivity index (χ0v) is 13.7. The normalized spacial score (nSPS) is 10.4. The number of aromatic nitrogens is 2. The second-order valence-corrected chi connectivity index (χ2v) is 5.57. The molecule has 5 nitrogen and oxygen atoms in total. The molecule has 0 saturated carbocycles. The van der Waals surface area contributed by atoms with E-state index < -0.39 is 0 Å². The van der Waals surface area contributed by atoms with Gasteiger partial charge in [0.05, 0.1) is 12.8 Å². The molecule has 0 fully saturated rings. The van der Waals surface area contributed by atoms with Crippen LogP contribution in [0.15, 0.2) is 59.4 Å². The van der Waals surface area contributed by atoms with Gasteiger partial charge in [-0.3, -0.25) is 4.79 Å². The first-order valence-corrected chi connectivity index (χ1v) is 7.67. The quantitative estimate of drug-likeness (QED) is 0.765. The van der Waals surface area contributed by atoms with Crippen molar-refractivity contribution in [2.75, 3.05) is 7.11 Å². The fourth-order valence-electron chi connectivity index (χ4n) is 2.22. The zero-order valence-electron chi connectivity index (χ0n) is 13.0. The highest BCUT2D eigenvalue weighted by molar-refractivity contribution is 6.30. The number of ether oxygens (including phenoxy) is 2. The summed E-state index contributed by atoms with van der Waals surface area (Å²) in [7, 11) is 1.59. The molecule has 1 heterocycles. The van der Waals surface area contributed by atoms with Gasteiger partial charge in [0.2, 0.25) is 0 Å². The maximum atomic E-state index is 11.1. The summed E-state index contributed by atoms with van der Waals surface area (Å²) in [6.07, 6.45) is 0.567. The number of nitrogens with one attached hydrogen (secondary N) is 1. The Morgan fingerprint density at radius 2 is 1.83 bits per heavy atom. The number of hydrogen-bond donors (Lipinski definition) is 1. The number of rotatable bonds is 5. The van der Waals surface area contributed by atoms with Gasteiger partial charge in [-0.1, -0.05) is 17.7 Å². The molecule has 3 aromatic rings. The molecule has 3 rings (SSSR count). The average Bonchev–Trinajstić information content (AvgIpc) is 2.59. The van der Waals surface area contributed by atoms with E-state index in [9.17, 15) is 4.79 Å². The summed E-state index contributed by atoms with van der Waals surface area (Å²) in [6, 6.07) is 15.9. The first kappa shape index (κ1) is 16.1. The number of methoxy groups -OCH3 is 1. The van der Waals surface area contributed by atoms with Gasteiger partial charge in [-0.25, -0.2) is 5.10 Å². The highest BCUT2D eigenvalue weighted by Crippen LogP contribution is 2.33. The molecule has 0 saturated heterocycles. The molecule has 0 atom stereocenters. The van der Waals surface area contributed by atoms with Crippen LogP contribution in [-0.2, 0) is 6.42 Å². The molecule has 1 N–H and O–H groups in total. The van der Waals surface area contributed by atoms with E-state index in [-0.39, 0.29) is 5.56 Å². The third kappa shape index (κ3) is 3.94. The van der Waals surface area contributed by atoms with E-state index in [0.29, 0.717) is 28.7 Å². The average molecular weight is 343 g/mol. The van der Waals surface area contributed by atoms with Crippen molar-refractivity contribution in [3.8, 4) is 17.2 Å². The van der Waals surface area contributed by atoms with Gasteiger partial charge in [0.1, 0.15) is 5.75 Å². The number of hydrogen-bond acceptors (Lipinski definition) is 4. The molecule has 0 spiro atoms. The Bertz CT molecular complexity index is 871. The van der Waals surface area contributed by atoms with E-state index in [1.54, 1.807) is 37.4 Å². The summed E-state index contributed by atoms with van der Waals surface area (Å²) in [6.45, 7) is 0. The van der Waals surface area contributed by atoms with Crippen LogP contribution in [0.1, 0.15) is 11.3 Å². The van der Waals surface area contributed by atoms with Crippen molar-refractivity contribution in [3.05, 3.63) is 81.2 Å². The van der Waals surface area contributed by atoms with Gasteiger partial charge < -0.3 is 9.47 Å². The van der Waals surface area contributed by atoms with Gasteiger partial charge in [0.15, 0.2) is 11.5 Å². The van der Waals surface area contributed by atoms with E-state index in [1.807, 2.05) is 18.2 Å². The summed E-state index contributed by atoms with van der Waals surface area (Å²) >= 11 is 5.89. The molecule has 24 heavy (non-hydrogen) atoms. The molecule has 0 aliphatic rings. The number of nitrogens with zero attached hydrogens (tertiary/aromatic N) is 1. The minimum Gasteiger partial charge on any atom is -0.493 e. The smallest absolute Gasteiger partial charge is 0.264 e. The number of H-pyrrole nitrogens is 1. The monoisotopic (exact) mass is 342 g/mol. The van der Waals surface area contributed by atoms with Gasteiger partial charge in [-0.05, 0) is 48.0 Å². The Balaban J connectivity index is 1.85. The molecule has 0 aliphatic carbocycles. The third-order valence-corrected chi connectivity index (χ3v) is 3.64. The van der Waals surface area contributed by atoms with Crippen LogP contribution in [0.5, 0.6) is 17.2 Å². The van der Waals surface area contributed by atoms with E-state index in [4.69, 9.17) is 21.1 Å². The topological polar surface area (TPSA) is 64.2 Å². The lowest BCUT2D eigenvalue weighted by Crippen LogP contribution is -2.07. The fraction of sp³-hybridized carbons (Fsp3) is 0.111. The largest absolute Gasteiger partial charge is 0.493 e. The summed E-state index contributed by atoms with van der Waals surface area (Å²) in [5, 5.41) is 7.09. The molecule has 0 amide bonds. The fourth-order valence-corrected chi connectivity index (χ4v) is 2.35. The summed E-state index contributed by atoms with van der Waals surface area (Å²) in [5.41, 5.74) is 1.52. The van der Waals surface area contributed by atoms with Crippen molar-refractivity contribution in [1.29, 1.82) is 0 Å². The summed E-state index contributed by atoms with van der Waals surface area (Å²) < 4.78 is 11.2. The molecular formula is C18H15ClN2O3. The van der Waals surface area contributed by atoms with Crippen LogP contribution in [0.3, 0.4) is 0 Å². The Hall–Kier alpha value is -2.79. The van der Waals surface area contributed by atoms with Crippen LogP contribution in [0.25, 0.3) is 0 Å². The molecule has 0 unspecified atom stereocenters. The molecule has 0 bridgehead atoms. The van der Waals surface area contributed by atoms with Gasteiger partial charge >= 0.3 is 0 Å². The van der Waals surface area contributed by atoms with Gasteiger partial charge in [-0.15, -0.1) is 0 Å². The highest BCUT2D eigenvalue weighted by Gasteiger charge is 2.08. The first-order valence-electron chi connectivity index (χ1n) is 7.29. The van der Waals surface area contributed by atoms with E-state index in [0.717, 1.165) is 11.3 Å². The lowest BCUT2D eigenvalue weighted by molar-refractivity contribution is 0.378. The molecule has 6 heteroatoms. The predicted octanol–water partition coefficient (Wildman–Crippen LogP) is 3.82. The zero-order chi connectivity index (χ0) is 16.9. The molecule has 0 aliphatic heterocycles. The van der Waals surface area contributed by atoms with Crippen LogP contribution in [-0.4, -0.2) is 17.3 Å². The van der Waals surface area contributed by atoms with Gasteiger partial charge in [0, 0.05) is 17.5 Å². The lowest BCUT2D eigenvalue weighted by Gasteiger charge is -2.12. The summed E-state index contributed by atoms with van der Waals surface area (Å²) in [4.78, 5) is 11.1. The van der Waals surface area contributed by atoms with Crippen molar-refractivity contribution in [2.24, 2.45) is 0 Å².